The molecule has 2 aromatic rings. The number of nitrogens with zero attached hydrogens (tertiary/aromatic N) is 1. The minimum absolute atomic E-state index is 0.0227. The van der Waals surface area contributed by atoms with E-state index in [0.29, 0.717) is 25.1 Å². The minimum Gasteiger partial charge on any atom is -0.349 e. The molecule has 2 aliphatic heterocycles. The summed E-state index contributed by atoms with van der Waals surface area (Å²) in [6.45, 7) is 3.17. The van der Waals surface area contributed by atoms with Gasteiger partial charge < -0.3 is 10.2 Å². The van der Waals surface area contributed by atoms with E-state index in [1.165, 1.54) is 12.1 Å². The third-order valence-corrected chi connectivity index (χ3v) is 6.01. The van der Waals surface area contributed by atoms with Crippen LogP contribution in [0.1, 0.15) is 46.8 Å². The van der Waals surface area contributed by atoms with Gasteiger partial charge in [0, 0.05) is 30.7 Å². The molecule has 6 nitrogen and oxygen atoms in total. The molecule has 0 spiro atoms. The predicted octanol–water partition coefficient (Wildman–Crippen LogP) is 2.46. The molecule has 2 aliphatic rings. The van der Waals surface area contributed by atoms with Crippen LogP contribution in [0.3, 0.4) is 0 Å². The summed E-state index contributed by atoms with van der Waals surface area (Å²) in [6, 6.07) is 13.6. The standard InChI is InChI=1S/C23H27FN4O2/c1-15-4-2-3-5-19(15)22(29)25-18-10-12-28(13-11-18)23(30)21-14-20(26-27-21)16-6-8-17(24)9-7-16/h2-9,18,20-21,26-27H,10-14H2,1H3,(H,25,29). The third kappa shape index (κ3) is 4.52. The van der Waals surface area contributed by atoms with Gasteiger partial charge >= 0.3 is 0 Å². The Bertz CT molecular complexity index is 910. The zero-order valence-corrected chi connectivity index (χ0v) is 17.0. The van der Waals surface area contributed by atoms with E-state index in [0.717, 1.165) is 24.0 Å². The third-order valence-electron chi connectivity index (χ3n) is 6.01. The van der Waals surface area contributed by atoms with Crippen LogP contribution in [0.15, 0.2) is 48.5 Å². The molecule has 0 radical (unpaired) electrons. The second-order valence-electron chi connectivity index (χ2n) is 8.07. The van der Waals surface area contributed by atoms with Crippen LogP contribution < -0.4 is 16.2 Å². The molecular weight excluding hydrogens is 383 g/mol. The molecule has 2 saturated heterocycles. The van der Waals surface area contributed by atoms with Crippen molar-refractivity contribution in [3.8, 4) is 0 Å². The molecule has 0 aliphatic carbocycles. The van der Waals surface area contributed by atoms with Crippen molar-refractivity contribution in [2.45, 2.75) is 44.3 Å². The van der Waals surface area contributed by atoms with Crippen LogP contribution in [-0.4, -0.2) is 41.9 Å². The fourth-order valence-electron chi connectivity index (χ4n) is 4.19. The lowest BCUT2D eigenvalue weighted by molar-refractivity contribution is -0.134. The Labute approximate surface area is 175 Å². The van der Waals surface area contributed by atoms with E-state index in [2.05, 4.69) is 16.2 Å². The van der Waals surface area contributed by atoms with E-state index in [1.807, 2.05) is 36.1 Å². The average molecular weight is 410 g/mol. The van der Waals surface area contributed by atoms with Gasteiger partial charge in [0.1, 0.15) is 11.9 Å². The van der Waals surface area contributed by atoms with Gasteiger partial charge in [0.05, 0.1) is 0 Å². The fourth-order valence-corrected chi connectivity index (χ4v) is 4.19. The van der Waals surface area contributed by atoms with Crippen LogP contribution in [0, 0.1) is 12.7 Å². The summed E-state index contributed by atoms with van der Waals surface area (Å²) in [7, 11) is 0. The number of rotatable bonds is 4. The quantitative estimate of drug-likeness (QED) is 0.724. The minimum atomic E-state index is -0.307. The summed E-state index contributed by atoms with van der Waals surface area (Å²) in [4.78, 5) is 27.3. The molecule has 2 unspecified atom stereocenters. The van der Waals surface area contributed by atoms with E-state index in [-0.39, 0.29) is 35.8 Å². The van der Waals surface area contributed by atoms with Crippen molar-refractivity contribution in [2.24, 2.45) is 0 Å². The number of likely N-dealkylation sites (tertiary alicyclic amines) is 1. The van der Waals surface area contributed by atoms with Crippen molar-refractivity contribution in [1.29, 1.82) is 0 Å². The lowest BCUT2D eigenvalue weighted by atomic mass is 9.99. The van der Waals surface area contributed by atoms with Gasteiger partial charge in [0.2, 0.25) is 5.91 Å². The normalized spacial score (nSPS) is 22.1. The number of carbonyl (C=O) groups is 2. The van der Waals surface area contributed by atoms with Crippen LogP contribution in [0.2, 0.25) is 0 Å². The van der Waals surface area contributed by atoms with E-state index >= 15 is 0 Å². The smallest absolute Gasteiger partial charge is 0.251 e. The molecule has 30 heavy (non-hydrogen) atoms. The van der Waals surface area contributed by atoms with E-state index in [1.54, 1.807) is 12.1 Å². The van der Waals surface area contributed by atoms with Gasteiger partial charge in [-0.25, -0.2) is 15.2 Å². The van der Waals surface area contributed by atoms with Crippen molar-refractivity contribution in [2.75, 3.05) is 13.1 Å². The largest absolute Gasteiger partial charge is 0.349 e. The molecule has 2 atom stereocenters. The highest BCUT2D eigenvalue weighted by molar-refractivity contribution is 5.95. The van der Waals surface area contributed by atoms with Gasteiger partial charge in [0.15, 0.2) is 0 Å². The van der Waals surface area contributed by atoms with Crippen LogP contribution in [-0.2, 0) is 4.79 Å². The summed E-state index contributed by atoms with van der Waals surface area (Å²) in [5.41, 5.74) is 8.84. The monoisotopic (exact) mass is 410 g/mol. The molecule has 0 saturated carbocycles. The molecule has 2 aromatic carbocycles. The SMILES string of the molecule is Cc1ccccc1C(=O)NC1CCN(C(=O)C2CC(c3ccc(F)cc3)NN2)CC1. The number of halogens is 1. The zero-order valence-electron chi connectivity index (χ0n) is 17.0. The van der Waals surface area contributed by atoms with Gasteiger partial charge in [-0.2, -0.15) is 0 Å². The number of benzene rings is 2. The van der Waals surface area contributed by atoms with Gasteiger partial charge in [-0.1, -0.05) is 30.3 Å². The first-order valence-corrected chi connectivity index (χ1v) is 10.4. The number of nitrogens with one attached hydrogen (secondary N) is 3. The molecule has 0 aromatic heterocycles. The summed E-state index contributed by atoms with van der Waals surface area (Å²) in [5.74, 6) is -0.257. The van der Waals surface area contributed by atoms with Gasteiger partial charge in [-0.05, 0) is 55.5 Å². The number of hydrogen-bond acceptors (Lipinski definition) is 4. The highest BCUT2D eigenvalue weighted by Crippen LogP contribution is 2.24. The first-order valence-electron chi connectivity index (χ1n) is 10.4. The second-order valence-corrected chi connectivity index (χ2v) is 8.07. The predicted molar refractivity (Wildman–Crippen MR) is 112 cm³/mol. The Morgan fingerprint density at radius 2 is 1.73 bits per heavy atom. The summed E-state index contributed by atoms with van der Waals surface area (Å²) >= 11 is 0. The van der Waals surface area contributed by atoms with Crippen LogP contribution in [0.25, 0.3) is 0 Å². The molecule has 2 heterocycles. The molecular formula is C23H27FN4O2. The van der Waals surface area contributed by atoms with Crippen molar-refractivity contribution < 1.29 is 14.0 Å². The molecule has 2 amide bonds. The Kier molecular flexibility index (Phi) is 6.11. The first-order chi connectivity index (χ1) is 14.5. The van der Waals surface area contributed by atoms with Crippen molar-refractivity contribution in [1.82, 2.24) is 21.1 Å². The highest BCUT2D eigenvalue weighted by Gasteiger charge is 2.34. The molecule has 3 N–H and O–H groups in total. The number of hydrogen-bond donors (Lipinski definition) is 3. The van der Waals surface area contributed by atoms with E-state index in [9.17, 15) is 14.0 Å². The maximum Gasteiger partial charge on any atom is 0.251 e. The van der Waals surface area contributed by atoms with Crippen LogP contribution in [0.4, 0.5) is 4.39 Å². The number of amides is 2. The van der Waals surface area contributed by atoms with Gasteiger partial charge in [0.25, 0.3) is 5.91 Å². The van der Waals surface area contributed by atoms with Crippen LogP contribution >= 0.6 is 0 Å². The Hall–Kier alpha value is -2.77. The van der Waals surface area contributed by atoms with E-state index in [4.69, 9.17) is 0 Å². The van der Waals surface area contributed by atoms with Crippen molar-refractivity contribution >= 4 is 11.8 Å². The Balaban J connectivity index is 1.27. The fraction of sp³-hybridized carbons (Fsp3) is 0.391. The van der Waals surface area contributed by atoms with Crippen molar-refractivity contribution in [3.63, 3.8) is 0 Å². The topological polar surface area (TPSA) is 73.5 Å². The summed E-state index contributed by atoms with van der Waals surface area (Å²) in [6.07, 6.45) is 2.10. The highest BCUT2D eigenvalue weighted by atomic mass is 19.1. The van der Waals surface area contributed by atoms with Crippen LogP contribution in [0.5, 0.6) is 0 Å². The first kappa shape index (κ1) is 20.5. The molecule has 0 bridgehead atoms. The van der Waals surface area contributed by atoms with Crippen molar-refractivity contribution in [3.05, 3.63) is 71.0 Å². The number of piperidine rings is 1. The number of aryl methyl sites for hydroxylation is 1. The lowest BCUT2D eigenvalue weighted by Gasteiger charge is -2.33. The van der Waals surface area contributed by atoms with Gasteiger partial charge in [-0.3, -0.25) is 9.59 Å². The zero-order chi connectivity index (χ0) is 21.1. The van der Waals surface area contributed by atoms with E-state index < -0.39 is 0 Å². The molecule has 4 rings (SSSR count). The number of hydrazine groups is 1. The Morgan fingerprint density at radius 1 is 1.03 bits per heavy atom. The number of carbonyl (C=O) groups excluding carboxylic acids is 2. The molecule has 2 fully saturated rings. The maximum absolute atomic E-state index is 13.1. The summed E-state index contributed by atoms with van der Waals surface area (Å²) < 4.78 is 13.1. The lowest BCUT2D eigenvalue weighted by Crippen LogP contribution is -2.51. The van der Waals surface area contributed by atoms with Gasteiger partial charge in [-0.15, -0.1) is 0 Å². The Morgan fingerprint density at radius 3 is 2.43 bits per heavy atom. The summed E-state index contributed by atoms with van der Waals surface area (Å²) in [5, 5.41) is 3.10. The molecule has 158 valence electrons. The maximum atomic E-state index is 13.1. The second kappa shape index (κ2) is 8.93. The average Bonchev–Trinajstić information content (AvgIpc) is 3.25. The molecule has 7 heteroatoms.